The third-order valence-corrected chi connectivity index (χ3v) is 1.94. The molecule has 0 radical (unpaired) electrons. The summed E-state index contributed by atoms with van der Waals surface area (Å²) in [6.45, 7) is 1.50. The molecule has 1 heterocycles. The van der Waals surface area contributed by atoms with E-state index >= 15 is 0 Å². The van der Waals surface area contributed by atoms with Crippen LogP contribution >= 0.6 is 0 Å². The predicted molar refractivity (Wildman–Crippen MR) is 43.0 cm³/mol. The van der Waals surface area contributed by atoms with E-state index < -0.39 is 0 Å². The van der Waals surface area contributed by atoms with Crippen LogP contribution in [0.15, 0.2) is 0 Å². The van der Waals surface area contributed by atoms with Crippen LogP contribution in [0.2, 0.25) is 12.6 Å². The summed E-state index contributed by atoms with van der Waals surface area (Å²) in [7, 11) is 3.05. The van der Waals surface area contributed by atoms with Gasteiger partial charge < -0.3 is 9.47 Å². The maximum absolute atomic E-state index is 5.52. The molecule has 1 fully saturated rings. The van der Waals surface area contributed by atoms with Gasteiger partial charge in [-0.1, -0.05) is 12.6 Å². The van der Waals surface area contributed by atoms with Crippen LogP contribution in [-0.2, 0) is 9.47 Å². The standard InChI is InChI=1S/C7H15BO2/c1-9-4-5-10-7-2-3-8-6-7/h7-8H,2-6H2,1H3/t7-/m1/s1. The van der Waals surface area contributed by atoms with Crippen molar-refractivity contribution >= 4 is 7.28 Å². The second-order valence-electron chi connectivity index (χ2n) is 2.77. The lowest BCUT2D eigenvalue weighted by Gasteiger charge is -2.09. The van der Waals surface area contributed by atoms with E-state index in [4.69, 9.17) is 9.47 Å². The zero-order valence-electron chi connectivity index (χ0n) is 6.64. The van der Waals surface area contributed by atoms with Gasteiger partial charge in [0, 0.05) is 7.11 Å². The summed E-state index contributed by atoms with van der Waals surface area (Å²) >= 11 is 0. The molecule has 0 aromatic rings. The van der Waals surface area contributed by atoms with Crippen molar-refractivity contribution in [3.8, 4) is 0 Å². The molecule has 58 valence electrons. The molecule has 10 heavy (non-hydrogen) atoms. The molecule has 3 heteroatoms. The summed E-state index contributed by atoms with van der Waals surface area (Å²) in [5.41, 5.74) is 0. The fraction of sp³-hybridized carbons (Fsp3) is 1.00. The lowest BCUT2D eigenvalue weighted by atomic mass is 9.77. The molecule has 0 amide bonds. The largest absolute Gasteiger partial charge is 0.382 e. The van der Waals surface area contributed by atoms with E-state index in [0.29, 0.717) is 6.10 Å². The molecule has 1 saturated heterocycles. The molecule has 0 spiro atoms. The first-order chi connectivity index (χ1) is 4.93. The second-order valence-corrected chi connectivity index (χ2v) is 2.77. The van der Waals surface area contributed by atoms with Gasteiger partial charge in [0.2, 0.25) is 0 Å². The molecule has 0 aromatic heterocycles. The second kappa shape index (κ2) is 4.75. The SMILES string of the molecule is COCCO[C@H]1CBCC1. The third kappa shape index (κ3) is 2.71. The van der Waals surface area contributed by atoms with E-state index in [0.717, 1.165) is 13.2 Å². The molecule has 1 atom stereocenters. The maximum Gasteiger partial charge on any atom is 0.123 e. The van der Waals surface area contributed by atoms with Crippen LogP contribution in [-0.4, -0.2) is 33.7 Å². The Morgan fingerprint density at radius 1 is 1.50 bits per heavy atom. The first-order valence-corrected chi connectivity index (χ1v) is 4.04. The van der Waals surface area contributed by atoms with Crippen LogP contribution in [0.5, 0.6) is 0 Å². The molecular formula is C7H15BO2. The number of methoxy groups -OCH3 is 1. The van der Waals surface area contributed by atoms with Crippen molar-refractivity contribution in [2.24, 2.45) is 0 Å². The predicted octanol–water partition coefficient (Wildman–Crippen LogP) is 0.695. The highest BCUT2D eigenvalue weighted by atomic mass is 16.5. The fourth-order valence-electron chi connectivity index (χ4n) is 1.35. The molecule has 0 aromatic carbocycles. The Morgan fingerprint density at radius 3 is 3.00 bits per heavy atom. The van der Waals surface area contributed by atoms with Crippen molar-refractivity contribution in [1.82, 2.24) is 0 Å². The van der Waals surface area contributed by atoms with Gasteiger partial charge in [0.15, 0.2) is 0 Å². The molecule has 0 unspecified atom stereocenters. The Balaban J connectivity index is 1.91. The Hall–Kier alpha value is -0.0151. The van der Waals surface area contributed by atoms with Crippen LogP contribution < -0.4 is 0 Å². The van der Waals surface area contributed by atoms with Gasteiger partial charge in [-0.25, -0.2) is 0 Å². The average molecular weight is 142 g/mol. The van der Waals surface area contributed by atoms with Gasteiger partial charge in [0.25, 0.3) is 0 Å². The van der Waals surface area contributed by atoms with Crippen molar-refractivity contribution in [2.75, 3.05) is 20.3 Å². The topological polar surface area (TPSA) is 18.5 Å². The average Bonchev–Trinajstić information content (AvgIpc) is 2.41. The summed E-state index contributed by atoms with van der Waals surface area (Å²) in [5, 5.41) is 0. The third-order valence-electron chi connectivity index (χ3n) is 1.94. The first-order valence-electron chi connectivity index (χ1n) is 4.04. The lowest BCUT2D eigenvalue weighted by molar-refractivity contribution is 0.0285. The zero-order chi connectivity index (χ0) is 7.23. The van der Waals surface area contributed by atoms with Crippen molar-refractivity contribution in [3.63, 3.8) is 0 Å². The van der Waals surface area contributed by atoms with Gasteiger partial charge >= 0.3 is 0 Å². The number of hydrogen-bond acceptors (Lipinski definition) is 2. The highest BCUT2D eigenvalue weighted by molar-refractivity contribution is 6.36. The first kappa shape index (κ1) is 8.09. The molecule has 2 nitrogen and oxygen atoms in total. The Morgan fingerprint density at radius 2 is 2.40 bits per heavy atom. The van der Waals surface area contributed by atoms with E-state index in [9.17, 15) is 0 Å². The van der Waals surface area contributed by atoms with Crippen molar-refractivity contribution in [3.05, 3.63) is 0 Å². The Labute approximate surface area is 63.1 Å². The minimum atomic E-state index is 0.537. The van der Waals surface area contributed by atoms with Crippen molar-refractivity contribution in [1.29, 1.82) is 0 Å². The number of ether oxygens (including phenoxy) is 2. The van der Waals surface area contributed by atoms with E-state index in [-0.39, 0.29) is 0 Å². The summed E-state index contributed by atoms with van der Waals surface area (Å²) < 4.78 is 10.4. The van der Waals surface area contributed by atoms with Gasteiger partial charge in [-0.3, -0.25) is 0 Å². The number of hydrogen-bond donors (Lipinski definition) is 0. The summed E-state index contributed by atoms with van der Waals surface area (Å²) in [4.78, 5) is 0. The lowest BCUT2D eigenvalue weighted by Crippen LogP contribution is -2.11. The normalized spacial score (nSPS) is 24.7. The van der Waals surface area contributed by atoms with Crippen LogP contribution in [0.3, 0.4) is 0 Å². The fourth-order valence-corrected chi connectivity index (χ4v) is 1.35. The van der Waals surface area contributed by atoms with Gasteiger partial charge in [0.1, 0.15) is 7.28 Å². The molecule has 1 aliphatic heterocycles. The molecule has 0 N–H and O–H groups in total. The number of rotatable bonds is 4. The molecular weight excluding hydrogens is 127 g/mol. The van der Waals surface area contributed by atoms with E-state index in [1.54, 1.807) is 7.11 Å². The summed E-state index contributed by atoms with van der Waals surface area (Å²) in [6, 6.07) is 0. The Kier molecular flexibility index (Phi) is 3.84. The van der Waals surface area contributed by atoms with Crippen LogP contribution in [0.1, 0.15) is 6.42 Å². The van der Waals surface area contributed by atoms with E-state index in [2.05, 4.69) is 0 Å². The monoisotopic (exact) mass is 142 g/mol. The Bertz CT molecular complexity index is 81.7. The van der Waals surface area contributed by atoms with Crippen LogP contribution in [0.25, 0.3) is 0 Å². The van der Waals surface area contributed by atoms with Gasteiger partial charge in [-0.2, -0.15) is 0 Å². The smallest absolute Gasteiger partial charge is 0.123 e. The van der Waals surface area contributed by atoms with Gasteiger partial charge in [-0.05, 0) is 6.42 Å². The molecule has 0 bridgehead atoms. The molecule has 0 aliphatic carbocycles. The van der Waals surface area contributed by atoms with E-state index in [1.165, 1.54) is 26.3 Å². The molecule has 0 saturated carbocycles. The maximum atomic E-state index is 5.52. The molecule has 1 rings (SSSR count). The highest BCUT2D eigenvalue weighted by Crippen LogP contribution is 2.15. The minimum Gasteiger partial charge on any atom is -0.382 e. The quantitative estimate of drug-likeness (QED) is 0.424. The minimum absolute atomic E-state index is 0.537. The zero-order valence-corrected chi connectivity index (χ0v) is 6.64. The highest BCUT2D eigenvalue weighted by Gasteiger charge is 2.15. The van der Waals surface area contributed by atoms with Gasteiger partial charge in [-0.15, -0.1) is 0 Å². The van der Waals surface area contributed by atoms with Crippen LogP contribution in [0, 0.1) is 0 Å². The van der Waals surface area contributed by atoms with Crippen LogP contribution in [0.4, 0.5) is 0 Å². The van der Waals surface area contributed by atoms with Crippen molar-refractivity contribution < 1.29 is 9.47 Å². The summed E-state index contributed by atoms with van der Waals surface area (Å²) in [5.74, 6) is 0. The molecule has 1 aliphatic rings. The van der Waals surface area contributed by atoms with E-state index in [1.807, 2.05) is 0 Å². The van der Waals surface area contributed by atoms with Crippen molar-refractivity contribution in [2.45, 2.75) is 25.2 Å². The summed E-state index contributed by atoms with van der Waals surface area (Å²) in [6.07, 6.45) is 4.39. The van der Waals surface area contributed by atoms with Gasteiger partial charge in [0.05, 0.1) is 19.3 Å².